The highest BCUT2D eigenvalue weighted by atomic mass is 16.2. The molecule has 3 fully saturated rings. The van der Waals surface area contributed by atoms with Crippen LogP contribution in [0, 0.1) is 5.92 Å². The topological polar surface area (TPSA) is 69.9 Å². The monoisotopic (exact) mass is 426 g/mol. The molecule has 1 aromatic carbocycles. The molecule has 0 bridgehead atoms. The standard InChI is InChI=1S/C25H38N4O2/c1-27(2)25(21-10-4-3-5-11-21)15-13-24(14-16-25)19-28(17-7-12-22(26)30)23(31)29(24)18-20-8-6-9-20/h3-5,10-11,20H,6-9,12-19H2,1-2H3,(H2,26,30)/t24-,25-. The van der Waals surface area contributed by atoms with Crippen LogP contribution in [-0.4, -0.2) is 65.9 Å². The fraction of sp³-hybridized carbons (Fsp3) is 0.680. The summed E-state index contributed by atoms with van der Waals surface area (Å²) in [5, 5.41) is 0. The summed E-state index contributed by atoms with van der Waals surface area (Å²) in [6, 6.07) is 11.0. The Morgan fingerprint density at radius 2 is 1.81 bits per heavy atom. The molecule has 0 atom stereocenters. The van der Waals surface area contributed by atoms with Gasteiger partial charge in [-0.2, -0.15) is 0 Å². The van der Waals surface area contributed by atoms with Crippen molar-refractivity contribution >= 4 is 11.9 Å². The summed E-state index contributed by atoms with van der Waals surface area (Å²) in [5.74, 6) is 0.366. The molecule has 170 valence electrons. The quantitative estimate of drug-likeness (QED) is 0.691. The number of primary amides is 1. The van der Waals surface area contributed by atoms with Gasteiger partial charge in [-0.3, -0.25) is 9.69 Å². The summed E-state index contributed by atoms with van der Waals surface area (Å²) in [7, 11) is 4.38. The zero-order valence-corrected chi connectivity index (χ0v) is 19.2. The summed E-state index contributed by atoms with van der Waals surface area (Å²) in [4.78, 5) is 31.2. The SMILES string of the molecule is CN(C)[C@]1(c2ccccc2)CC[C@@]2(CC1)CN(CCCC(N)=O)C(=O)N2CC1CCC1. The van der Waals surface area contributed by atoms with Crippen molar-refractivity contribution in [1.82, 2.24) is 14.7 Å². The van der Waals surface area contributed by atoms with Crippen molar-refractivity contribution in [2.24, 2.45) is 11.7 Å². The van der Waals surface area contributed by atoms with E-state index in [2.05, 4.69) is 54.2 Å². The summed E-state index contributed by atoms with van der Waals surface area (Å²) in [6.07, 6.45) is 8.91. The van der Waals surface area contributed by atoms with Crippen LogP contribution in [0.4, 0.5) is 4.79 Å². The maximum Gasteiger partial charge on any atom is 0.320 e. The highest BCUT2D eigenvalue weighted by Crippen LogP contribution is 2.49. The molecule has 3 amide bonds. The molecule has 0 unspecified atom stereocenters. The molecule has 0 radical (unpaired) electrons. The molecule has 2 saturated carbocycles. The van der Waals surface area contributed by atoms with Crippen molar-refractivity contribution < 1.29 is 9.59 Å². The van der Waals surface area contributed by atoms with Crippen LogP contribution in [0.1, 0.15) is 63.4 Å². The van der Waals surface area contributed by atoms with Gasteiger partial charge < -0.3 is 15.5 Å². The lowest BCUT2D eigenvalue weighted by atomic mass is 9.68. The molecule has 6 nitrogen and oxygen atoms in total. The highest BCUT2D eigenvalue weighted by molar-refractivity contribution is 5.78. The fourth-order valence-electron chi connectivity index (χ4n) is 6.01. The number of rotatable bonds is 8. The van der Waals surface area contributed by atoms with Crippen LogP contribution in [0.15, 0.2) is 30.3 Å². The molecule has 31 heavy (non-hydrogen) atoms. The first kappa shape index (κ1) is 22.1. The van der Waals surface area contributed by atoms with E-state index in [4.69, 9.17) is 5.73 Å². The van der Waals surface area contributed by atoms with Gasteiger partial charge in [0.15, 0.2) is 0 Å². The minimum Gasteiger partial charge on any atom is -0.370 e. The number of carbonyl (C=O) groups excluding carboxylic acids is 2. The Morgan fingerprint density at radius 3 is 2.35 bits per heavy atom. The molecule has 1 aromatic rings. The zero-order chi connectivity index (χ0) is 22.1. The third-order valence-corrected chi connectivity index (χ3v) is 8.25. The average Bonchev–Trinajstić information content (AvgIpc) is 2.97. The first-order valence-electron chi connectivity index (χ1n) is 11.9. The van der Waals surface area contributed by atoms with Crippen molar-refractivity contribution in [2.45, 2.75) is 68.9 Å². The molecule has 4 rings (SSSR count). The zero-order valence-electron chi connectivity index (χ0n) is 19.2. The van der Waals surface area contributed by atoms with E-state index in [-0.39, 0.29) is 23.0 Å². The van der Waals surface area contributed by atoms with Gasteiger partial charge in [-0.1, -0.05) is 36.8 Å². The van der Waals surface area contributed by atoms with Gasteiger partial charge in [0.25, 0.3) is 0 Å². The predicted octanol–water partition coefficient (Wildman–Crippen LogP) is 3.56. The number of nitrogens with zero attached hydrogens (tertiary/aromatic N) is 3. The van der Waals surface area contributed by atoms with Crippen LogP contribution in [0.25, 0.3) is 0 Å². The van der Waals surface area contributed by atoms with Crippen molar-refractivity contribution in [3.63, 3.8) is 0 Å². The molecular formula is C25H38N4O2. The van der Waals surface area contributed by atoms with Crippen molar-refractivity contribution in [1.29, 1.82) is 0 Å². The third-order valence-electron chi connectivity index (χ3n) is 8.25. The van der Waals surface area contributed by atoms with E-state index in [1.54, 1.807) is 0 Å². The van der Waals surface area contributed by atoms with E-state index in [0.717, 1.165) is 38.8 Å². The van der Waals surface area contributed by atoms with E-state index in [9.17, 15) is 9.59 Å². The predicted molar refractivity (Wildman–Crippen MR) is 122 cm³/mol. The largest absolute Gasteiger partial charge is 0.370 e. The van der Waals surface area contributed by atoms with Crippen molar-refractivity contribution in [3.05, 3.63) is 35.9 Å². The summed E-state index contributed by atoms with van der Waals surface area (Å²) in [6.45, 7) is 2.31. The van der Waals surface area contributed by atoms with Gasteiger partial charge in [-0.05, 0) is 70.5 Å². The summed E-state index contributed by atoms with van der Waals surface area (Å²) < 4.78 is 0. The van der Waals surface area contributed by atoms with Crippen molar-refractivity contribution in [3.8, 4) is 0 Å². The molecule has 1 saturated heterocycles. The molecule has 1 spiro atoms. The lowest BCUT2D eigenvalue weighted by Crippen LogP contribution is -2.56. The summed E-state index contributed by atoms with van der Waals surface area (Å²) in [5.41, 5.74) is 6.65. The maximum atomic E-state index is 13.4. The van der Waals surface area contributed by atoms with E-state index in [0.29, 0.717) is 25.3 Å². The van der Waals surface area contributed by atoms with Gasteiger partial charge in [0.2, 0.25) is 5.91 Å². The van der Waals surface area contributed by atoms with E-state index < -0.39 is 0 Å². The number of carbonyl (C=O) groups is 2. The molecule has 0 aromatic heterocycles. The Kier molecular flexibility index (Phi) is 6.29. The Balaban J connectivity index is 1.53. The minimum atomic E-state index is -0.288. The second-order valence-electron chi connectivity index (χ2n) is 10.2. The highest BCUT2D eigenvalue weighted by Gasteiger charge is 2.54. The van der Waals surface area contributed by atoms with Gasteiger partial charge in [0.1, 0.15) is 0 Å². The minimum absolute atomic E-state index is 0.0249. The van der Waals surface area contributed by atoms with E-state index in [1.165, 1.54) is 24.8 Å². The number of benzene rings is 1. The normalized spacial score (nSPS) is 29.1. The van der Waals surface area contributed by atoms with E-state index in [1.807, 2.05) is 4.90 Å². The molecular weight excluding hydrogens is 388 g/mol. The second-order valence-corrected chi connectivity index (χ2v) is 10.2. The van der Waals surface area contributed by atoms with Gasteiger partial charge in [-0.25, -0.2) is 4.79 Å². The maximum absolute atomic E-state index is 13.4. The van der Waals surface area contributed by atoms with Gasteiger partial charge >= 0.3 is 6.03 Å². The molecule has 6 heteroatoms. The fourth-order valence-corrected chi connectivity index (χ4v) is 6.01. The molecule has 1 heterocycles. The second kappa shape index (κ2) is 8.81. The Labute approximate surface area is 186 Å². The number of amides is 3. The van der Waals surface area contributed by atoms with Crippen molar-refractivity contribution in [2.75, 3.05) is 33.7 Å². The first-order valence-corrected chi connectivity index (χ1v) is 11.9. The van der Waals surface area contributed by atoms with Gasteiger partial charge in [-0.15, -0.1) is 0 Å². The number of urea groups is 1. The van der Waals surface area contributed by atoms with Crippen LogP contribution in [0.5, 0.6) is 0 Å². The Hall–Kier alpha value is -2.08. The lowest BCUT2D eigenvalue weighted by molar-refractivity contribution is -0.118. The van der Waals surface area contributed by atoms with Gasteiger partial charge in [0, 0.05) is 31.6 Å². The molecule has 2 aliphatic carbocycles. The van der Waals surface area contributed by atoms with Crippen LogP contribution in [0.2, 0.25) is 0 Å². The lowest BCUT2D eigenvalue weighted by Gasteiger charge is -2.51. The third kappa shape index (κ3) is 4.19. The molecule has 3 aliphatic rings. The number of nitrogens with two attached hydrogens (primary N) is 1. The smallest absolute Gasteiger partial charge is 0.320 e. The number of hydrogen-bond donors (Lipinski definition) is 1. The first-order chi connectivity index (χ1) is 14.9. The van der Waals surface area contributed by atoms with Crippen LogP contribution < -0.4 is 5.73 Å². The summed E-state index contributed by atoms with van der Waals surface area (Å²) >= 11 is 0. The van der Waals surface area contributed by atoms with Crippen LogP contribution in [-0.2, 0) is 10.3 Å². The number of hydrogen-bond acceptors (Lipinski definition) is 3. The Morgan fingerprint density at radius 1 is 1.13 bits per heavy atom. The average molecular weight is 427 g/mol. The van der Waals surface area contributed by atoms with Crippen LogP contribution in [0.3, 0.4) is 0 Å². The van der Waals surface area contributed by atoms with E-state index >= 15 is 0 Å². The van der Waals surface area contributed by atoms with Gasteiger partial charge in [0.05, 0.1) is 5.54 Å². The van der Waals surface area contributed by atoms with Crippen LogP contribution >= 0.6 is 0 Å². The Bertz CT molecular complexity index is 782. The molecule has 1 aliphatic heterocycles. The molecule has 2 N–H and O–H groups in total.